The Labute approximate surface area is 147 Å². The van der Waals surface area contributed by atoms with Crippen molar-refractivity contribution in [3.63, 3.8) is 0 Å². The number of benzene rings is 1. The highest BCUT2D eigenvalue weighted by molar-refractivity contribution is 6.01. The number of rotatable bonds is 5. The zero-order valence-corrected chi connectivity index (χ0v) is 15.4. The number of methoxy groups -OCH3 is 2. The van der Waals surface area contributed by atoms with E-state index < -0.39 is 35.1 Å². The summed E-state index contributed by atoms with van der Waals surface area (Å²) in [6.45, 7) is 6.50. The van der Waals surface area contributed by atoms with Crippen LogP contribution in [0.3, 0.4) is 0 Å². The van der Waals surface area contributed by atoms with Crippen LogP contribution in [0.25, 0.3) is 0 Å². The molecule has 1 N–H and O–H groups in total. The minimum atomic E-state index is -1.79. The van der Waals surface area contributed by atoms with E-state index in [1.807, 2.05) is 0 Å². The molecule has 0 bridgehead atoms. The van der Waals surface area contributed by atoms with Gasteiger partial charge in [0.15, 0.2) is 5.41 Å². The first-order valence-corrected chi connectivity index (χ1v) is 7.77. The lowest BCUT2D eigenvalue weighted by molar-refractivity contribution is -0.170. The number of ether oxygens (including phenoxy) is 3. The van der Waals surface area contributed by atoms with Crippen molar-refractivity contribution in [1.82, 2.24) is 5.32 Å². The minimum Gasteiger partial charge on any atom is -0.468 e. The molecule has 25 heavy (non-hydrogen) atoms. The van der Waals surface area contributed by atoms with Crippen LogP contribution in [0.15, 0.2) is 30.3 Å². The molecule has 0 radical (unpaired) electrons. The normalized spacial score (nSPS) is 12.7. The Hall–Kier alpha value is -2.57. The number of amides is 1. The van der Waals surface area contributed by atoms with E-state index >= 15 is 0 Å². The van der Waals surface area contributed by atoms with Crippen LogP contribution >= 0.6 is 0 Å². The first-order valence-electron chi connectivity index (χ1n) is 7.77. The summed E-state index contributed by atoms with van der Waals surface area (Å²) in [7, 11) is 2.33. The van der Waals surface area contributed by atoms with E-state index in [0.717, 1.165) is 0 Å². The van der Waals surface area contributed by atoms with Crippen molar-refractivity contribution >= 4 is 18.0 Å². The van der Waals surface area contributed by atoms with Crippen molar-refractivity contribution in [2.75, 3.05) is 14.2 Å². The molecule has 7 nitrogen and oxygen atoms in total. The van der Waals surface area contributed by atoms with Crippen LogP contribution in [0, 0.1) is 5.41 Å². The van der Waals surface area contributed by atoms with Gasteiger partial charge in [-0.1, -0.05) is 30.3 Å². The second-order valence-electron chi connectivity index (χ2n) is 6.68. The van der Waals surface area contributed by atoms with Crippen molar-refractivity contribution in [3.8, 4) is 0 Å². The molecule has 0 aromatic heterocycles. The van der Waals surface area contributed by atoms with Gasteiger partial charge >= 0.3 is 18.0 Å². The lowest BCUT2D eigenvalue weighted by Crippen LogP contribution is -2.51. The Morgan fingerprint density at radius 3 is 1.80 bits per heavy atom. The van der Waals surface area contributed by atoms with Crippen LogP contribution in [0.1, 0.15) is 39.3 Å². The molecule has 0 saturated heterocycles. The summed E-state index contributed by atoms with van der Waals surface area (Å²) in [5.74, 6) is -1.66. The molecule has 1 atom stereocenters. The molecule has 0 heterocycles. The van der Waals surface area contributed by atoms with Gasteiger partial charge in [0.25, 0.3) is 0 Å². The Balaban J connectivity index is 3.36. The summed E-state index contributed by atoms with van der Waals surface area (Å²) in [5.41, 5.74) is -1.99. The standard InChI is InChI=1S/C18H25NO6/c1-17(2,3)25-16(22)19-13(12-10-8-7-9-11-12)18(4,14(20)23-5)15(21)24-6/h7-11,13H,1-6H3,(H,19,22)/t13-/m0/s1. The molecule has 0 spiro atoms. The molecule has 0 unspecified atom stereocenters. The summed E-state index contributed by atoms with van der Waals surface area (Å²) in [5, 5.41) is 2.60. The summed E-state index contributed by atoms with van der Waals surface area (Å²) < 4.78 is 14.8. The lowest BCUT2D eigenvalue weighted by Gasteiger charge is -2.34. The van der Waals surface area contributed by atoms with Gasteiger partial charge in [0.1, 0.15) is 5.60 Å². The molecule has 1 aromatic carbocycles. The number of carbonyl (C=O) groups is 3. The SMILES string of the molecule is COC(=O)C(C)(C(=O)OC)[C@@H](NC(=O)OC(C)(C)C)c1ccccc1. The van der Waals surface area contributed by atoms with Gasteiger partial charge in [-0.3, -0.25) is 9.59 Å². The number of hydrogen-bond donors (Lipinski definition) is 1. The van der Waals surface area contributed by atoms with E-state index in [2.05, 4.69) is 5.32 Å². The molecule has 1 amide bonds. The van der Waals surface area contributed by atoms with Gasteiger partial charge in [-0.15, -0.1) is 0 Å². The van der Waals surface area contributed by atoms with Gasteiger partial charge in [-0.25, -0.2) is 4.79 Å². The average Bonchev–Trinajstić information content (AvgIpc) is 2.56. The second-order valence-corrected chi connectivity index (χ2v) is 6.68. The second kappa shape index (κ2) is 8.00. The Bertz CT molecular complexity index is 604. The molecule has 0 saturated carbocycles. The van der Waals surface area contributed by atoms with Crippen LogP contribution < -0.4 is 5.32 Å². The maximum absolute atomic E-state index is 12.4. The first kappa shape index (κ1) is 20.5. The third-order valence-corrected chi connectivity index (χ3v) is 3.59. The van der Waals surface area contributed by atoms with Gasteiger partial charge in [-0.2, -0.15) is 0 Å². The average molecular weight is 351 g/mol. The van der Waals surface area contributed by atoms with Crippen LogP contribution in [-0.2, 0) is 23.8 Å². The fraction of sp³-hybridized carbons (Fsp3) is 0.500. The number of alkyl carbamates (subject to hydrolysis) is 1. The molecular weight excluding hydrogens is 326 g/mol. The fourth-order valence-electron chi connectivity index (χ4n) is 2.37. The van der Waals surface area contributed by atoms with E-state index in [1.54, 1.807) is 51.1 Å². The van der Waals surface area contributed by atoms with Crippen molar-refractivity contribution in [2.45, 2.75) is 39.3 Å². The Morgan fingerprint density at radius 2 is 1.40 bits per heavy atom. The molecular formula is C18H25NO6. The highest BCUT2D eigenvalue weighted by atomic mass is 16.6. The van der Waals surface area contributed by atoms with Crippen LogP contribution in [0.5, 0.6) is 0 Å². The zero-order valence-electron chi connectivity index (χ0n) is 15.4. The summed E-state index contributed by atoms with van der Waals surface area (Å²) in [6, 6.07) is 7.57. The van der Waals surface area contributed by atoms with E-state index in [-0.39, 0.29) is 0 Å². The number of nitrogens with one attached hydrogen (secondary N) is 1. The first-order chi connectivity index (χ1) is 11.6. The Kier molecular flexibility index (Phi) is 6.55. The lowest BCUT2D eigenvalue weighted by atomic mass is 9.78. The molecule has 1 rings (SSSR count). The number of hydrogen-bond acceptors (Lipinski definition) is 6. The molecule has 1 aromatic rings. The maximum atomic E-state index is 12.4. The van der Waals surface area contributed by atoms with E-state index in [0.29, 0.717) is 5.56 Å². The van der Waals surface area contributed by atoms with Crippen LogP contribution in [0.4, 0.5) is 4.79 Å². The highest BCUT2D eigenvalue weighted by Crippen LogP contribution is 2.36. The minimum absolute atomic E-state index is 0.534. The van der Waals surface area contributed by atoms with Gasteiger partial charge in [0.2, 0.25) is 0 Å². The molecule has 0 aliphatic carbocycles. The van der Waals surface area contributed by atoms with Crippen LogP contribution in [-0.4, -0.2) is 37.9 Å². The number of carbonyl (C=O) groups excluding carboxylic acids is 3. The van der Waals surface area contributed by atoms with Gasteiger partial charge in [0, 0.05) is 0 Å². The molecule has 138 valence electrons. The molecule has 0 aliphatic heterocycles. The quantitative estimate of drug-likeness (QED) is 0.498. The van der Waals surface area contributed by atoms with E-state index in [1.165, 1.54) is 21.1 Å². The number of esters is 2. The monoisotopic (exact) mass is 351 g/mol. The predicted molar refractivity (Wildman–Crippen MR) is 90.7 cm³/mol. The van der Waals surface area contributed by atoms with Gasteiger partial charge < -0.3 is 19.5 Å². The Morgan fingerprint density at radius 1 is 0.920 bits per heavy atom. The fourth-order valence-corrected chi connectivity index (χ4v) is 2.37. The molecule has 0 aliphatic rings. The zero-order chi connectivity index (χ0) is 19.3. The highest BCUT2D eigenvalue weighted by Gasteiger charge is 2.52. The van der Waals surface area contributed by atoms with E-state index in [9.17, 15) is 14.4 Å². The smallest absolute Gasteiger partial charge is 0.408 e. The largest absolute Gasteiger partial charge is 0.468 e. The van der Waals surface area contributed by atoms with Crippen molar-refractivity contribution in [3.05, 3.63) is 35.9 Å². The van der Waals surface area contributed by atoms with Crippen molar-refractivity contribution in [2.24, 2.45) is 5.41 Å². The van der Waals surface area contributed by atoms with Crippen molar-refractivity contribution < 1.29 is 28.6 Å². The molecule has 0 fully saturated rings. The third-order valence-electron chi connectivity index (χ3n) is 3.59. The summed E-state index contributed by atoms with van der Waals surface area (Å²) >= 11 is 0. The molecule has 7 heteroatoms. The van der Waals surface area contributed by atoms with Crippen molar-refractivity contribution in [1.29, 1.82) is 0 Å². The maximum Gasteiger partial charge on any atom is 0.408 e. The van der Waals surface area contributed by atoms with Crippen LogP contribution in [0.2, 0.25) is 0 Å². The topological polar surface area (TPSA) is 90.9 Å². The summed E-state index contributed by atoms with van der Waals surface area (Å²) in [4.78, 5) is 37.1. The van der Waals surface area contributed by atoms with Gasteiger partial charge in [0.05, 0.1) is 20.3 Å². The van der Waals surface area contributed by atoms with E-state index in [4.69, 9.17) is 14.2 Å². The predicted octanol–water partition coefficient (Wildman–Crippen LogP) is 2.60. The third kappa shape index (κ3) is 4.95. The summed E-state index contributed by atoms with van der Waals surface area (Å²) in [6.07, 6.45) is -0.764. The van der Waals surface area contributed by atoms with Gasteiger partial charge in [-0.05, 0) is 33.3 Å².